The molecule has 2 nitrogen and oxygen atoms in total. The van der Waals surface area contributed by atoms with Gasteiger partial charge in [-0.3, -0.25) is 0 Å². The Bertz CT molecular complexity index is 473. The number of nitrogens with one attached hydrogen (secondary N) is 1. The molecule has 2 atom stereocenters. The van der Waals surface area contributed by atoms with Gasteiger partial charge in [-0.2, -0.15) is 0 Å². The predicted octanol–water partition coefficient (Wildman–Crippen LogP) is 3.90. The third-order valence-electron chi connectivity index (χ3n) is 3.91. The van der Waals surface area contributed by atoms with Crippen molar-refractivity contribution in [1.82, 2.24) is 5.32 Å². The number of rotatable bonds is 4. The Morgan fingerprint density at radius 3 is 2.63 bits per heavy atom. The smallest absolute Gasteiger partial charge is 0.175 e. The van der Waals surface area contributed by atoms with E-state index in [1.165, 1.54) is 12.1 Å². The molecule has 0 radical (unpaired) electrons. The van der Waals surface area contributed by atoms with Gasteiger partial charge in [0.25, 0.3) is 0 Å². The van der Waals surface area contributed by atoms with Crippen LogP contribution in [0.2, 0.25) is 10.0 Å². The summed E-state index contributed by atoms with van der Waals surface area (Å²) in [5.74, 6) is 0.630. The van der Waals surface area contributed by atoms with E-state index < -0.39 is 5.82 Å². The van der Waals surface area contributed by atoms with Crippen LogP contribution >= 0.6 is 23.2 Å². The van der Waals surface area contributed by atoms with Crippen LogP contribution in [0.5, 0.6) is 5.75 Å². The zero-order valence-corrected chi connectivity index (χ0v) is 12.0. The summed E-state index contributed by atoms with van der Waals surface area (Å²) in [7, 11) is 0. The molecular formula is C14H16Cl2FNO. The lowest BCUT2D eigenvalue weighted by molar-refractivity contribution is 0.115. The van der Waals surface area contributed by atoms with Crippen LogP contribution in [0, 0.1) is 17.7 Å². The number of hydrogen-bond donors (Lipinski definition) is 1. The molecule has 104 valence electrons. The third kappa shape index (κ3) is 2.83. The molecule has 1 aliphatic carbocycles. The van der Waals surface area contributed by atoms with E-state index in [9.17, 15) is 4.39 Å². The van der Waals surface area contributed by atoms with E-state index >= 15 is 0 Å². The van der Waals surface area contributed by atoms with Crippen molar-refractivity contribution in [3.05, 3.63) is 28.0 Å². The molecule has 5 heteroatoms. The highest BCUT2D eigenvalue weighted by Gasteiger charge is 2.40. The second-order valence-electron chi connectivity index (χ2n) is 5.35. The number of ether oxygens (including phenoxy) is 1. The van der Waals surface area contributed by atoms with Gasteiger partial charge in [-0.15, -0.1) is 0 Å². The average molecular weight is 304 g/mol. The average Bonchev–Trinajstić information content (AvgIpc) is 3.09. The molecular weight excluding hydrogens is 288 g/mol. The van der Waals surface area contributed by atoms with Crippen LogP contribution in [-0.2, 0) is 0 Å². The maximum atomic E-state index is 13.9. The number of benzene rings is 1. The van der Waals surface area contributed by atoms with Gasteiger partial charge >= 0.3 is 0 Å². The molecule has 0 spiro atoms. The molecule has 2 aliphatic rings. The lowest BCUT2D eigenvalue weighted by atomic mass is 9.97. The highest BCUT2D eigenvalue weighted by Crippen LogP contribution is 2.42. The second kappa shape index (κ2) is 5.47. The Hall–Kier alpha value is -0.510. The highest BCUT2D eigenvalue weighted by atomic mass is 35.5. The Morgan fingerprint density at radius 1 is 1.21 bits per heavy atom. The van der Waals surface area contributed by atoms with Gasteiger partial charge < -0.3 is 10.1 Å². The number of halogens is 3. The topological polar surface area (TPSA) is 21.3 Å². The standard InChI is InChI=1S/C14H16Cl2FNO/c15-10-3-4-11(17)14(12(10)16)19-13(8-1-2-8)9-5-6-18-7-9/h3-4,8-9,13,18H,1-2,5-7H2/t9-,13-/m0/s1. The monoisotopic (exact) mass is 303 g/mol. The van der Waals surface area contributed by atoms with Gasteiger partial charge in [0.1, 0.15) is 11.1 Å². The molecule has 1 saturated heterocycles. The molecule has 3 rings (SSSR count). The van der Waals surface area contributed by atoms with Crippen molar-refractivity contribution >= 4 is 23.2 Å². The van der Waals surface area contributed by atoms with E-state index in [4.69, 9.17) is 27.9 Å². The minimum absolute atomic E-state index is 0.0421. The molecule has 1 saturated carbocycles. The van der Waals surface area contributed by atoms with Gasteiger partial charge in [0, 0.05) is 12.5 Å². The van der Waals surface area contributed by atoms with E-state index in [-0.39, 0.29) is 16.9 Å². The fraction of sp³-hybridized carbons (Fsp3) is 0.571. The lowest BCUT2D eigenvalue weighted by Crippen LogP contribution is -2.31. The lowest BCUT2D eigenvalue weighted by Gasteiger charge is -2.25. The van der Waals surface area contributed by atoms with E-state index in [1.54, 1.807) is 0 Å². The summed E-state index contributed by atoms with van der Waals surface area (Å²) in [6, 6.07) is 2.76. The molecule has 19 heavy (non-hydrogen) atoms. The van der Waals surface area contributed by atoms with Crippen molar-refractivity contribution < 1.29 is 9.13 Å². The Labute approximate surface area is 122 Å². The summed E-state index contributed by atoms with van der Waals surface area (Å²) >= 11 is 12.0. The van der Waals surface area contributed by atoms with Crippen LogP contribution in [0.15, 0.2) is 12.1 Å². The highest BCUT2D eigenvalue weighted by molar-refractivity contribution is 6.42. The first kappa shape index (κ1) is 13.5. The fourth-order valence-corrected chi connectivity index (χ4v) is 3.06. The van der Waals surface area contributed by atoms with Gasteiger partial charge in [0.05, 0.1) is 5.02 Å². The predicted molar refractivity (Wildman–Crippen MR) is 74.5 cm³/mol. The van der Waals surface area contributed by atoms with Crippen molar-refractivity contribution in [2.75, 3.05) is 13.1 Å². The van der Waals surface area contributed by atoms with Gasteiger partial charge in [0.2, 0.25) is 0 Å². The zero-order chi connectivity index (χ0) is 13.4. The molecule has 0 amide bonds. The molecule has 0 aromatic heterocycles. The summed E-state index contributed by atoms with van der Waals surface area (Å²) in [5.41, 5.74) is 0. The Morgan fingerprint density at radius 2 is 2.00 bits per heavy atom. The SMILES string of the molecule is Fc1ccc(Cl)c(Cl)c1O[C@@H](C1CC1)[C@H]1CCNC1. The van der Waals surface area contributed by atoms with Crippen LogP contribution in [0.3, 0.4) is 0 Å². The fourth-order valence-electron chi connectivity index (χ4n) is 2.71. The van der Waals surface area contributed by atoms with Gasteiger partial charge in [-0.25, -0.2) is 4.39 Å². The molecule has 1 aromatic carbocycles. The molecule has 1 N–H and O–H groups in total. The van der Waals surface area contributed by atoms with E-state index in [2.05, 4.69) is 5.32 Å². The normalized spacial score (nSPS) is 24.5. The molecule has 1 aromatic rings. The molecule has 2 fully saturated rings. The number of hydrogen-bond acceptors (Lipinski definition) is 2. The van der Waals surface area contributed by atoms with Gasteiger partial charge in [-0.05, 0) is 43.9 Å². The van der Waals surface area contributed by atoms with Gasteiger partial charge in [0.15, 0.2) is 11.6 Å². The van der Waals surface area contributed by atoms with Crippen molar-refractivity contribution in [3.63, 3.8) is 0 Å². The maximum Gasteiger partial charge on any atom is 0.175 e. The Balaban J connectivity index is 1.83. The van der Waals surface area contributed by atoms with E-state index in [0.29, 0.717) is 16.9 Å². The first-order valence-corrected chi connectivity index (χ1v) is 7.43. The van der Waals surface area contributed by atoms with Crippen LogP contribution in [0.1, 0.15) is 19.3 Å². The molecule has 0 bridgehead atoms. The van der Waals surface area contributed by atoms with Crippen LogP contribution < -0.4 is 10.1 Å². The van der Waals surface area contributed by atoms with Crippen molar-refractivity contribution in [3.8, 4) is 5.75 Å². The molecule has 0 unspecified atom stereocenters. The molecule has 1 heterocycles. The van der Waals surface area contributed by atoms with E-state index in [1.807, 2.05) is 0 Å². The second-order valence-corrected chi connectivity index (χ2v) is 6.13. The van der Waals surface area contributed by atoms with Crippen molar-refractivity contribution in [2.45, 2.75) is 25.4 Å². The van der Waals surface area contributed by atoms with Crippen molar-refractivity contribution in [2.24, 2.45) is 11.8 Å². The maximum absolute atomic E-state index is 13.9. The summed E-state index contributed by atoms with van der Waals surface area (Å²) in [4.78, 5) is 0. The van der Waals surface area contributed by atoms with Crippen LogP contribution in [-0.4, -0.2) is 19.2 Å². The largest absolute Gasteiger partial charge is 0.485 e. The third-order valence-corrected chi connectivity index (χ3v) is 4.69. The zero-order valence-electron chi connectivity index (χ0n) is 10.5. The van der Waals surface area contributed by atoms with Crippen LogP contribution in [0.25, 0.3) is 0 Å². The summed E-state index contributed by atoms with van der Waals surface area (Å²) in [6.07, 6.45) is 3.42. The van der Waals surface area contributed by atoms with E-state index in [0.717, 1.165) is 32.4 Å². The van der Waals surface area contributed by atoms with Crippen LogP contribution in [0.4, 0.5) is 4.39 Å². The summed E-state index contributed by atoms with van der Waals surface area (Å²) in [5, 5.41) is 3.84. The Kier molecular flexibility index (Phi) is 3.88. The minimum Gasteiger partial charge on any atom is -0.485 e. The molecule has 1 aliphatic heterocycles. The minimum atomic E-state index is -0.439. The first-order chi connectivity index (χ1) is 9.16. The summed E-state index contributed by atoms with van der Waals surface area (Å²) in [6.45, 7) is 1.93. The van der Waals surface area contributed by atoms with Crippen molar-refractivity contribution in [1.29, 1.82) is 0 Å². The quantitative estimate of drug-likeness (QED) is 0.852. The first-order valence-electron chi connectivity index (χ1n) is 6.67. The van der Waals surface area contributed by atoms with Gasteiger partial charge in [-0.1, -0.05) is 23.2 Å². The summed E-state index contributed by atoms with van der Waals surface area (Å²) < 4.78 is 19.8.